The van der Waals surface area contributed by atoms with Crippen LogP contribution in [-0.2, 0) is 4.79 Å². The first-order valence-electron chi connectivity index (χ1n) is 9.04. The fourth-order valence-corrected chi connectivity index (χ4v) is 4.50. The molecule has 1 aliphatic heterocycles. The van der Waals surface area contributed by atoms with E-state index in [4.69, 9.17) is 4.74 Å². The lowest BCUT2D eigenvalue weighted by Gasteiger charge is -2.18. The zero-order chi connectivity index (χ0) is 18.7. The standard InChI is InChI=1S/C19H25N3O3S/c1-4-8-12(3)22-18-16(19(24)21-22)17(26-11-15(23)20-18)13-9-6-7-10-14(13)25-5-2/h6-7,9-10,12,17H,4-5,8,11H2,1-3H3,(H,20,23)(H,21,24)/t12-,17+/m1/s1. The molecule has 2 aromatic rings. The van der Waals surface area contributed by atoms with Crippen molar-refractivity contribution < 1.29 is 9.53 Å². The number of fused-ring (bicyclic) bond motifs is 1. The lowest BCUT2D eigenvalue weighted by atomic mass is 10.0. The van der Waals surface area contributed by atoms with Crippen molar-refractivity contribution in [2.75, 3.05) is 17.7 Å². The molecule has 1 aliphatic rings. The highest BCUT2D eigenvalue weighted by atomic mass is 32.2. The summed E-state index contributed by atoms with van der Waals surface area (Å²) in [5.41, 5.74) is 1.36. The van der Waals surface area contributed by atoms with Crippen LogP contribution in [0.2, 0.25) is 0 Å². The predicted molar refractivity (Wildman–Crippen MR) is 105 cm³/mol. The molecule has 0 unspecified atom stereocenters. The van der Waals surface area contributed by atoms with Crippen molar-refractivity contribution in [3.63, 3.8) is 0 Å². The highest BCUT2D eigenvalue weighted by molar-refractivity contribution is 8.00. The summed E-state index contributed by atoms with van der Waals surface area (Å²) in [5, 5.41) is 5.61. The van der Waals surface area contributed by atoms with Crippen molar-refractivity contribution in [2.24, 2.45) is 0 Å². The van der Waals surface area contributed by atoms with Crippen molar-refractivity contribution in [1.82, 2.24) is 9.78 Å². The second kappa shape index (κ2) is 8.03. The number of carbonyl (C=O) groups is 1. The molecule has 0 saturated carbocycles. The van der Waals surface area contributed by atoms with Gasteiger partial charge in [0.25, 0.3) is 5.56 Å². The third-order valence-corrected chi connectivity index (χ3v) is 5.76. The minimum absolute atomic E-state index is 0.0934. The van der Waals surface area contributed by atoms with Gasteiger partial charge in [0.15, 0.2) is 0 Å². The van der Waals surface area contributed by atoms with E-state index >= 15 is 0 Å². The van der Waals surface area contributed by atoms with E-state index in [1.807, 2.05) is 38.1 Å². The Labute approximate surface area is 157 Å². The number of nitrogens with zero attached hydrogens (tertiary/aromatic N) is 1. The van der Waals surface area contributed by atoms with E-state index in [1.165, 1.54) is 11.8 Å². The molecule has 2 heterocycles. The number of amides is 1. The van der Waals surface area contributed by atoms with Crippen LogP contribution in [0.4, 0.5) is 5.82 Å². The van der Waals surface area contributed by atoms with Gasteiger partial charge in [-0.1, -0.05) is 31.5 Å². The summed E-state index contributed by atoms with van der Waals surface area (Å²) >= 11 is 1.46. The van der Waals surface area contributed by atoms with Gasteiger partial charge in [-0.15, -0.1) is 11.8 Å². The molecular formula is C19H25N3O3S. The quantitative estimate of drug-likeness (QED) is 0.807. The number of anilines is 1. The summed E-state index contributed by atoms with van der Waals surface area (Å²) in [6.45, 7) is 6.63. The van der Waals surface area contributed by atoms with Gasteiger partial charge in [-0.05, 0) is 26.3 Å². The third kappa shape index (κ3) is 3.53. The molecule has 1 aromatic heterocycles. The normalized spacial score (nSPS) is 18.0. The molecule has 6 nitrogen and oxygen atoms in total. The maximum atomic E-state index is 12.8. The molecule has 0 bridgehead atoms. The number of thioether (sulfide) groups is 1. The number of rotatable bonds is 6. The van der Waals surface area contributed by atoms with Gasteiger partial charge in [0, 0.05) is 11.6 Å². The van der Waals surface area contributed by atoms with Crippen LogP contribution < -0.4 is 15.6 Å². The number of ether oxygens (including phenoxy) is 1. The van der Waals surface area contributed by atoms with Crippen molar-refractivity contribution in [1.29, 1.82) is 0 Å². The largest absolute Gasteiger partial charge is 0.494 e. The molecule has 7 heteroatoms. The number of H-pyrrole nitrogens is 1. The predicted octanol–water partition coefficient (Wildman–Crippen LogP) is 3.71. The van der Waals surface area contributed by atoms with Crippen molar-refractivity contribution >= 4 is 23.5 Å². The summed E-state index contributed by atoms with van der Waals surface area (Å²) in [6.07, 6.45) is 1.91. The minimum Gasteiger partial charge on any atom is -0.494 e. The Morgan fingerprint density at radius 2 is 2.08 bits per heavy atom. The zero-order valence-corrected chi connectivity index (χ0v) is 16.2. The van der Waals surface area contributed by atoms with Crippen LogP contribution in [0.3, 0.4) is 0 Å². The summed E-state index contributed by atoms with van der Waals surface area (Å²) in [5.74, 6) is 1.54. The summed E-state index contributed by atoms with van der Waals surface area (Å²) in [7, 11) is 0. The molecular weight excluding hydrogens is 350 g/mol. The van der Waals surface area contributed by atoms with Crippen LogP contribution in [0.1, 0.15) is 56.0 Å². The van der Waals surface area contributed by atoms with Gasteiger partial charge in [-0.25, -0.2) is 0 Å². The minimum atomic E-state index is -0.259. The topological polar surface area (TPSA) is 76.1 Å². The average Bonchev–Trinajstić information content (AvgIpc) is 2.83. The fourth-order valence-electron chi connectivity index (χ4n) is 3.35. The molecule has 1 aromatic carbocycles. The number of nitrogens with one attached hydrogen (secondary N) is 2. The molecule has 0 fully saturated rings. The van der Waals surface area contributed by atoms with Crippen LogP contribution in [0.5, 0.6) is 5.75 Å². The summed E-state index contributed by atoms with van der Waals surface area (Å²) < 4.78 is 7.57. The van der Waals surface area contributed by atoms with E-state index in [2.05, 4.69) is 17.3 Å². The van der Waals surface area contributed by atoms with Crippen molar-refractivity contribution in [3.05, 3.63) is 45.7 Å². The van der Waals surface area contributed by atoms with Crippen LogP contribution in [0, 0.1) is 0 Å². The third-order valence-electron chi connectivity index (χ3n) is 4.51. The van der Waals surface area contributed by atoms with E-state index in [-0.39, 0.29) is 22.8 Å². The Hall–Kier alpha value is -2.15. The van der Waals surface area contributed by atoms with Gasteiger partial charge in [0.2, 0.25) is 5.91 Å². The Kier molecular flexibility index (Phi) is 5.76. The lowest BCUT2D eigenvalue weighted by Crippen LogP contribution is -2.18. The number of benzene rings is 1. The molecule has 0 radical (unpaired) electrons. The zero-order valence-electron chi connectivity index (χ0n) is 15.4. The van der Waals surface area contributed by atoms with E-state index in [0.717, 1.165) is 24.2 Å². The maximum absolute atomic E-state index is 12.8. The molecule has 2 atom stereocenters. The van der Waals surface area contributed by atoms with Crippen LogP contribution in [0.15, 0.2) is 29.1 Å². The Morgan fingerprint density at radius 3 is 2.81 bits per heavy atom. The number of hydrogen-bond donors (Lipinski definition) is 2. The number of carbonyl (C=O) groups excluding carboxylic acids is 1. The second-order valence-corrected chi connectivity index (χ2v) is 7.51. The SMILES string of the molecule is CCC[C@@H](C)n1[nH]c(=O)c2c1NC(=O)CS[C@H]2c1ccccc1OCC. The highest BCUT2D eigenvalue weighted by Crippen LogP contribution is 2.43. The molecule has 1 amide bonds. The van der Waals surface area contributed by atoms with Crippen LogP contribution >= 0.6 is 11.8 Å². The number of aromatic amines is 1. The van der Waals surface area contributed by atoms with Gasteiger partial charge in [-0.3, -0.25) is 19.4 Å². The summed E-state index contributed by atoms with van der Waals surface area (Å²) in [6, 6.07) is 7.82. The smallest absolute Gasteiger partial charge is 0.270 e. The van der Waals surface area contributed by atoms with E-state index in [0.29, 0.717) is 23.7 Å². The average molecular weight is 375 g/mol. The Morgan fingerprint density at radius 1 is 1.31 bits per heavy atom. The number of aromatic nitrogens is 2. The molecule has 26 heavy (non-hydrogen) atoms. The Bertz CT molecular complexity index is 843. The van der Waals surface area contributed by atoms with E-state index in [1.54, 1.807) is 4.68 Å². The first-order chi connectivity index (χ1) is 12.6. The number of para-hydroxylation sites is 1. The molecule has 0 aliphatic carbocycles. The second-order valence-electron chi connectivity index (χ2n) is 6.42. The first kappa shape index (κ1) is 18.6. The number of hydrogen-bond acceptors (Lipinski definition) is 4. The first-order valence-corrected chi connectivity index (χ1v) is 10.1. The Balaban J connectivity index is 2.14. The van der Waals surface area contributed by atoms with E-state index < -0.39 is 0 Å². The van der Waals surface area contributed by atoms with Gasteiger partial charge in [0.1, 0.15) is 11.6 Å². The van der Waals surface area contributed by atoms with Gasteiger partial charge in [0.05, 0.1) is 23.2 Å². The fraction of sp³-hybridized carbons (Fsp3) is 0.474. The molecule has 0 saturated heterocycles. The molecule has 140 valence electrons. The molecule has 0 spiro atoms. The lowest BCUT2D eigenvalue weighted by molar-refractivity contribution is -0.113. The van der Waals surface area contributed by atoms with Crippen molar-refractivity contribution in [2.45, 2.75) is 44.9 Å². The maximum Gasteiger partial charge on any atom is 0.270 e. The highest BCUT2D eigenvalue weighted by Gasteiger charge is 2.32. The van der Waals surface area contributed by atoms with Crippen molar-refractivity contribution in [3.8, 4) is 5.75 Å². The van der Waals surface area contributed by atoms with Gasteiger partial charge in [-0.2, -0.15) is 0 Å². The molecule has 2 N–H and O–H groups in total. The van der Waals surface area contributed by atoms with Crippen LogP contribution in [0.25, 0.3) is 0 Å². The van der Waals surface area contributed by atoms with Gasteiger partial charge >= 0.3 is 0 Å². The summed E-state index contributed by atoms with van der Waals surface area (Å²) in [4.78, 5) is 25.1. The monoisotopic (exact) mass is 375 g/mol. The van der Waals surface area contributed by atoms with Gasteiger partial charge < -0.3 is 10.1 Å². The van der Waals surface area contributed by atoms with E-state index in [9.17, 15) is 9.59 Å². The van der Waals surface area contributed by atoms with Crippen LogP contribution in [-0.4, -0.2) is 28.0 Å². The molecule has 3 rings (SSSR count).